The molecule has 0 radical (unpaired) electrons. The quantitative estimate of drug-likeness (QED) is 0.861. The highest BCUT2D eigenvalue weighted by Gasteiger charge is 2.24. The zero-order valence-electron chi connectivity index (χ0n) is 11.5. The molecule has 0 saturated heterocycles. The number of hydrogen-bond acceptors (Lipinski definition) is 2. The predicted octanol–water partition coefficient (Wildman–Crippen LogP) is 4.23. The van der Waals surface area contributed by atoms with E-state index in [9.17, 15) is 4.79 Å². The third-order valence-electron chi connectivity index (χ3n) is 3.28. The van der Waals surface area contributed by atoms with Crippen molar-refractivity contribution in [3.05, 3.63) is 58.6 Å². The molecule has 1 aliphatic rings. The fourth-order valence-corrected chi connectivity index (χ4v) is 2.52. The molecule has 1 N–H and O–H groups in total. The summed E-state index contributed by atoms with van der Waals surface area (Å²) < 4.78 is 5.59. The predicted molar refractivity (Wildman–Crippen MR) is 85.6 cm³/mol. The molecular formula is C17H14ClNO2. The van der Waals surface area contributed by atoms with E-state index in [1.54, 1.807) is 12.1 Å². The van der Waals surface area contributed by atoms with E-state index in [1.807, 2.05) is 43.3 Å². The van der Waals surface area contributed by atoms with E-state index in [0.29, 0.717) is 17.2 Å². The Kier molecular flexibility index (Phi) is 3.67. The lowest BCUT2D eigenvalue weighted by Gasteiger charge is -2.07. The number of ether oxygens (including phenoxy) is 1. The lowest BCUT2D eigenvalue weighted by molar-refractivity contribution is -0.110. The zero-order chi connectivity index (χ0) is 14.8. The second-order valence-electron chi connectivity index (χ2n) is 4.67. The number of nitrogens with one attached hydrogen (secondary N) is 1. The molecule has 0 bridgehead atoms. The second kappa shape index (κ2) is 5.62. The van der Waals surface area contributed by atoms with Crippen LogP contribution in [0, 0.1) is 0 Å². The largest absolute Gasteiger partial charge is 0.493 e. The Morgan fingerprint density at radius 1 is 1.24 bits per heavy atom. The summed E-state index contributed by atoms with van der Waals surface area (Å²) in [5.74, 6) is 0.634. The Labute approximate surface area is 128 Å². The van der Waals surface area contributed by atoms with Crippen LogP contribution in [0.4, 0.5) is 5.69 Å². The van der Waals surface area contributed by atoms with Gasteiger partial charge in [-0.2, -0.15) is 0 Å². The first-order chi connectivity index (χ1) is 10.2. The molecule has 0 aliphatic carbocycles. The van der Waals surface area contributed by atoms with Crippen molar-refractivity contribution in [1.29, 1.82) is 0 Å². The lowest BCUT2D eigenvalue weighted by atomic mass is 10.0. The molecular weight excluding hydrogens is 286 g/mol. The maximum absolute atomic E-state index is 12.2. The van der Waals surface area contributed by atoms with Crippen LogP contribution in [0.25, 0.3) is 11.6 Å². The topological polar surface area (TPSA) is 38.3 Å². The third kappa shape index (κ3) is 2.65. The fraction of sp³-hybridized carbons (Fsp3) is 0.118. The standard InChI is InChI=1S/C17H14ClNO2/c1-2-21-16-6-4-3-5-11(16)9-14-13-10-12(18)7-8-15(13)19-17(14)20/h3-10H,2H2,1H3,(H,19,20)/b14-9+. The number of carbonyl (C=O) groups is 1. The summed E-state index contributed by atoms with van der Waals surface area (Å²) >= 11 is 6.03. The Morgan fingerprint density at radius 2 is 2.05 bits per heavy atom. The van der Waals surface area contributed by atoms with Crippen molar-refractivity contribution in [3.63, 3.8) is 0 Å². The molecule has 0 saturated carbocycles. The number of hydrogen-bond donors (Lipinski definition) is 1. The van der Waals surface area contributed by atoms with Crippen LogP contribution in [-0.4, -0.2) is 12.5 Å². The van der Waals surface area contributed by atoms with Crippen molar-refractivity contribution >= 4 is 34.8 Å². The highest BCUT2D eigenvalue weighted by atomic mass is 35.5. The SMILES string of the molecule is CCOc1ccccc1/C=C1/C(=O)Nc2ccc(Cl)cc21. The molecule has 0 fully saturated rings. The molecule has 0 aromatic heterocycles. The first-order valence-electron chi connectivity index (χ1n) is 6.74. The van der Waals surface area contributed by atoms with Crippen molar-refractivity contribution < 1.29 is 9.53 Å². The molecule has 1 heterocycles. The Balaban J connectivity index is 2.09. The molecule has 0 unspecified atom stereocenters. The van der Waals surface area contributed by atoms with Gasteiger partial charge in [0, 0.05) is 27.4 Å². The van der Waals surface area contributed by atoms with Crippen molar-refractivity contribution in [1.82, 2.24) is 0 Å². The number of carbonyl (C=O) groups excluding carboxylic acids is 1. The van der Waals surface area contributed by atoms with Gasteiger partial charge in [0.25, 0.3) is 5.91 Å². The van der Waals surface area contributed by atoms with E-state index in [-0.39, 0.29) is 5.91 Å². The molecule has 4 heteroatoms. The van der Waals surface area contributed by atoms with Gasteiger partial charge in [0.15, 0.2) is 0 Å². The minimum Gasteiger partial charge on any atom is -0.493 e. The summed E-state index contributed by atoms with van der Waals surface area (Å²) in [5, 5.41) is 3.45. The first-order valence-corrected chi connectivity index (χ1v) is 7.11. The van der Waals surface area contributed by atoms with E-state index in [0.717, 1.165) is 22.6 Å². The van der Waals surface area contributed by atoms with Crippen molar-refractivity contribution in [2.75, 3.05) is 11.9 Å². The Morgan fingerprint density at radius 3 is 2.86 bits per heavy atom. The molecule has 1 amide bonds. The number of fused-ring (bicyclic) bond motifs is 1. The molecule has 3 rings (SSSR count). The summed E-state index contributed by atoms with van der Waals surface area (Å²) in [4.78, 5) is 12.2. The number of anilines is 1. The average Bonchev–Trinajstić information content (AvgIpc) is 2.77. The summed E-state index contributed by atoms with van der Waals surface area (Å²) in [6.45, 7) is 2.51. The summed E-state index contributed by atoms with van der Waals surface area (Å²) in [7, 11) is 0. The van der Waals surface area contributed by atoms with Gasteiger partial charge >= 0.3 is 0 Å². The highest BCUT2D eigenvalue weighted by molar-refractivity contribution is 6.36. The molecule has 2 aromatic rings. The Hall–Kier alpha value is -2.26. The smallest absolute Gasteiger partial charge is 0.256 e. The van der Waals surface area contributed by atoms with Gasteiger partial charge in [-0.25, -0.2) is 0 Å². The highest BCUT2D eigenvalue weighted by Crippen LogP contribution is 2.36. The number of benzene rings is 2. The number of para-hydroxylation sites is 1. The first kappa shape index (κ1) is 13.7. The van der Waals surface area contributed by atoms with E-state index in [1.165, 1.54) is 0 Å². The summed E-state index contributed by atoms with van der Waals surface area (Å²) in [6.07, 6.45) is 1.84. The van der Waals surface area contributed by atoms with Gasteiger partial charge < -0.3 is 10.1 Å². The number of halogens is 1. The molecule has 0 atom stereocenters. The zero-order valence-corrected chi connectivity index (χ0v) is 12.3. The van der Waals surface area contributed by atoms with Crippen LogP contribution in [0.5, 0.6) is 5.75 Å². The van der Waals surface area contributed by atoms with Crippen LogP contribution in [0.15, 0.2) is 42.5 Å². The number of amides is 1. The monoisotopic (exact) mass is 299 g/mol. The van der Waals surface area contributed by atoms with Gasteiger partial charge in [0.05, 0.1) is 6.61 Å². The van der Waals surface area contributed by atoms with E-state index < -0.39 is 0 Å². The molecule has 21 heavy (non-hydrogen) atoms. The maximum atomic E-state index is 12.2. The van der Waals surface area contributed by atoms with Crippen molar-refractivity contribution in [3.8, 4) is 5.75 Å². The van der Waals surface area contributed by atoms with E-state index >= 15 is 0 Å². The van der Waals surface area contributed by atoms with Crippen LogP contribution in [0.3, 0.4) is 0 Å². The normalized spacial score (nSPS) is 15.0. The van der Waals surface area contributed by atoms with Crippen molar-refractivity contribution in [2.45, 2.75) is 6.92 Å². The maximum Gasteiger partial charge on any atom is 0.256 e. The van der Waals surface area contributed by atoms with Crippen molar-refractivity contribution in [2.24, 2.45) is 0 Å². The van der Waals surface area contributed by atoms with E-state index in [4.69, 9.17) is 16.3 Å². The molecule has 106 valence electrons. The third-order valence-corrected chi connectivity index (χ3v) is 3.52. The minimum absolute atomic E-state index is 0.126. The summed E-state index contributed by atoms with van der Waals surface area (Å²) in [6, 6.07) is 13.0. The van der Waals surface area contributed by atoms with Crippen LogP contribution in [-0.2, 0) is 4.79 Å². The van der Waals surface area contributed by atoms with Gasteiger partial charge in [-0.3, -0.25) is 4.79 Å². The Bertz CT molecular complexity index is 737. The van der Waals surface area contributed by atoms with Crippen LogP contribution >= 0.6 is 11.6 Å². The van der Waals surface area contributed by atoms with Crippen LogP contribution < -0.4 is 10.1 Å². The average molecular weight is 300 g/mol. The van der Waals surface area contributed by atoms with Crippen LogP contribution in [0.2, 0.25) is 5.02 Å². The van der Waals surface area contributed by atoms with Gasteiger partial charge in [-0.1, -0.05) is 29.8 Å². The molecule has 2 aromatic carbocycles. The lowest BCUT2D eigenvalue weighted by Crippen LogP contribution is -2.03. The van der Waals surface area contributed by atoms with Crippen LogP contribution in [0.1, 0.15) is 18.1 Å². The molecule has 1 aliphatic heterocycles. The van der Waals surface area contributed by atoms with Gasteiger partial charge in [0.2, 0.25) is 0 Å². The molecule has 3 nitrogen and oxygen atoms in total. The second-order valence-corrected chi connectivity index (χ2v) is 5.11. The molecule has 0 spiro atoms. The van der Waals surface area contributed by atoms with Gasteiger partial charge in [-0.05, 0) is 37.3 Å². The minimum atomic E-state index is -0.126. The van der Waals surface area contributed by atoms with Gasteiger partial charge in [0.1, 0.15) is 5.75 Å². The fourth-order valence-electron chi connectivity index (χ4n) is 2.35. The van der Waals surface area contributed by atoms with E-state index in [2.05, 4.69) is 5.32 Å². The summed E-state index contributed by atoms with van der Waals surface area (Å²) in [5.41, 5.74) is 3.07. The van der Waals surface area contributed by atoms with Gasteiger partial charge in [-0.15, -0.1) is 0 Å². The number of rotatable bonds is 3.